The summed E-state index contributed by atoms with van der Waals surface area (Å²) in [6.07, 6.45) is 0. The van der Waals surface area contributed by atoms with Crippen LogP contribution < -0.4 is 0 Å². The summed E-state index contributed by atoms with van der Waals surface area (Å²) in [4.78, 5) is 16.3. The molecule has 6 heteroatoms. The molecule has 0 amide bonds. The van der Waals surface area contributed by atoms with Gasteiger partial charge in [-0.15, -0.1) is 0 Å². The average Bonchev–Trinajstić information content (AvgIpc) is 3.75. The van der Waals surface area contributed by atoms with Crippen LogP contribution in [0.15, 0.2) is 255 Å². The van der Waals surface area contributed by atoms with Gasteiger partial charge in [-0.1, -0.05) is 255 Å². The van der Waals surface area contributed by atoms with Gasteiger partial charge in [0, 0.05) is 115 Å². The highest BCUT2D eigenvalue weighted by atomic mass is 15.2. The van der Waals surface area contributed by atoms with Gasteiger partial charge in [-0.25, -0.2) is 0 Å². The van der Waals surface area contributed by atoms with Gasteiger partial charge in [0.2, 0.25) is 0 Å². The summed E-state index contributed by atoms with van der Waals surface area (Å²) in [6, 6.07) is 96.6. The van der Waals surface area contributed by atoms with E-state index in [4.69, 9.17) is 0 Å². The van der Waals surface area contributed by atoms with Crippen LogP contribution in [0.2, 0.25) is 0 Å². The number of fused-ring (bicyclic) bond motifs is 6. The number of hydrogen-bond acceptors (Lipinski definition) is 6. The summed E-state index contributed by atoms with van der Waals surface area (Å²) < 4.78 is 0. The molecule has 10 rings (SSSR count). The van der Waals surface area contributed by atoms with E-state index < -0.39 is 0 Å². The maximum atomic E-state index is 2.72. The van der Waals surface area contributed by atoms with Crippen LogP contribution in [-0.4, -0.2) is 68.7 Å². The first-order valence-corrected chi connectivity index (χ1v) is 31.1. The van der Waals surface area contributed by atoms with Crippen molar-refractivity contribution in [3.8, 4) is 0 Å². The number of rotatable bonds is 12. The van der Waals surface area contributed by atoms with Crippen molar-refractivity contribution in [3.05, 3.63) is 322 Å². The molecule has 1 heterocycles. The van der Waals surface area contributed by atoms with E-state index in [1.165, 1.54) is 66.8 Å². The normalized spacial score (nSPS) is 17.9. The molecule has 9 aromatic carbocycles. The van der Waals surface area contributed by atoms with Crippen LogP contribution >= 0.6 is 0 Å². The molecule has 84 heavy (non-hydrogen) atoms. The Morgan fingerprint density at radius 2 is 0.333 bits per heavy atom. The topological polar surface area (TPSA) is 19.4 Å². The van der Waals surface area contributed by atoms with Crippen LogP contribution in [0, 0.1) is 0 Å². The largest absolute Gasteiger partial charge is 0.291 e. The Kier molecular flexibility index (Phi) is 21.4. The minimum absolute atomic E-state index is 0.209. The van der Waals surface area contributed by atoms with Crippen LogP contribution in [0.25, 0.3) is 0 Å². The predicted octanol–water partition coefficient (Wildman–Crippen LogP) is 17.5. The van der Waals surface area contributed by atoms with E-state index in [1.807, 2.05) is 0 Å². The highest BCUT2D eigenvalue weighted by Gasteiger charge is 2.26. The molecule has 6 atom stereocenters. The maximum Gasteiger partial charge on any atom is 0.0323 e. The zero-order chi connectivity index (χ0) is 58.0. The smallest absolute Gasteiger partial charge is 0.0323 e. The lowest BCUT2D eigenvalue weighted by atomic mass is 10.0. The molecule has 0 spiro atoms. The SMILES string of the molecule is C[C@@H](c1ccccc1)N1CCN([C@@H](C)c2ccccc2)Cc2cccc(c2)CN([C@@H](C)c2ccccc2)CCN([C@@H](C)c2ccccc2)Cc2cccc(c2)CN([C@@H](C)c2ccccc2)CCN([C@@H](C)c2ccccc2)Cc2cccc(c2)C1. The molecular formula is C78H90N6. The fourth-order valence-corrected chi connectivity index (χ4v) is 12.8. The van der Waals surface area contributed by atoms with Crippen molar-refractivity contribution in [2.24, 2.45) is 0 Å². The first kappa shape index (κ1) is 59.9. The summed E-state index contributed by atoms with van der Waals surface area (Å²) in [6.45, 7) is 25.0. The molecule has 432 valence electrons. The summed E-state index contributed by atoms with van der Waals surface area (Å²) in [5, 5.41) is 0. The minimum Gasteiger partial charge on any atom is -0.291 e. The molecule has 0 N–H and O–H groups in total. The van der Waals surface area contributed by atoms with Gasteiger partial charge in [-0.05, 0) is 108 Å². The van der Waals surface area contributed by atoms with E-state index >= 15 is 0 Å². The first-order valence-electron chi connectivity index (χ1n) is 31.1. The molecule has 6 nitrogen and oxygen atoms in total. The Balaban J connectivity index is 1.05. The van der Waals surface area contributed by atoms with Crippen LogP contribution in [0.1, 0.15) is 145 Å². The monoisotopic (exact) mass is 1110 g/mol. The second-order valence-corrected chi connectivity index (χ2v) is 23.8. The third kappa shape index (κ3) is 16.3. The number of hydrogen-bond donors (Lipinski definition) is 0. The van der Waals surface area contributed by atoms with E-state index in [2.05, 4.69) is 326 Å². The molecule has 9 aromatic rings. The Morgan fingerprint density at radius 1 is 0.190 bits per heavy atom. The van der Waals surface area contributed by atoms with E-state index in [0.29, 0.717) is 0 Å². The molecule has 0 saturated heterocycles. The molecule has 0 unspecified atom stereocenters. The van der Waals surface area contributed by atoms with Gasteiger partial charge in [-0.3, -0.25) is 29.4 Å². The lowest BCUT2D eigenvalue weighted by molar-refractivity contribution is 0.132. The van der Waals surface area contributed by atoms with E-state index in [9.17, 15) is 0 Å². The summed E-state index contributed by atoms with van der Waals surface area (Å²) in [5.74, 6) is 0. The van der Waals surface area contributed by atoms with Gasteiger partial charge >= 0.3 is 0 Å². The maximum absolute atomic E-state index is 2.72. The van der Waals surface area contributed by atoms with Gasteiger partial charge in [0.25, 0.3) is 0 Å². The van der Waals surface area contributed by atoms with Crippen molar-refractivity contribution < 1.29 is 0 Å². The van der Waals surface area contributed by atoms with E-state index in [0.717, 1.165) is 78.5 Å². The molecule has 0 radical (unpaired) electrons. The molecule has 0 fully saturated rings. The molecule has 1 aliphatic rings. The fourth-order valence-electron chi connectivity index (χ4n) is 12.8. The van der Waals surface area contributed by atoms with Crippen molar-refractivity contribution in [2.75, 3.05) is 39.3 Å². The summed E-state index contributed by atoms with van der Waals surface area (Å²) in [5.41, 5.74) is 16.1. The van der Waals surface area contributed by atoms with Crippen molar-refractivity contribution in [2.45, 2.75) is 117 Å². The van der Waals surface area contributed by atoms with Crippen LogP contribution in [0.3, 0.4) is 0 Å². The van der Waals surface area contributed by atoms with Gasteiger partial charge in [0.1, 0.15) is 0 Å². The summed E-state index contributed by atoms with van der Waals surface area (Å²) >= 11 is 0. The van der Waals surface area contributed by atoms with Crippen LogP contribution in [0.5, 0.6) is 0 Å². The van der Waals surface area contributed by atoms with Gasteiger partial charge in [-0.2, -0.15) is 0 Å². The Hall–Kier alpha value is -7.26. The molecule has 0 aromatic heterocycles. The lowest BCUT2D eigenvalue weighted by Crippen LogP contribution is -2.38. The quantitative estimate of drug-likeness (QED) is 0.121. The zero-order valence-corrected chi connectivity index (χ0v) is 50.9. The van der Waals surface area contributed by atoms with Crippen molar-refractivity contribution in [3.63, 3.8) is 0 Å². The van der Waals surface area contributed by atoms with Crippen molar-refractivity contribution in [1.82, 2.24) is 29.4 Å². The van der Waals surface area contributed by atoms with Crippen LogP contribution in [0.4, 0.5) is 0 Å². The highest BCUT2D eigenvalue weighted by Crippen LogP contribution is 2.32. The Morgan fingerprint density at radius 3 is 0.476 bits per heavy atom. The van der Waals surface area contributed by atoms with Gasteiger partial charge < -0.3 is 0 Å². The number of nitrogens with zero attached hydrogens (tertiary/aromatic N) is 6. The lowest BCUT2D eigenvalue weighted by Gasteiger charge is -2.36. The average molecular weight is 1110 g/mol. The molecule has 1 aliphatic heterocycles. The van der Waals surface area contributed by atoms with Crippen LogP contribution in [-0.2, 0) is 39.3 Å². The first-order chi connectivity index (χ1) is 41.1. The predicted molar refractivity (Wildman–Crippen MR) is 351 cm³/mol. The van der Waals surface area contributed by atoms with Gasteiger partial charge in [0.05, 0.1) is 0 Å². The Labute approximate surface area is 504 Å². The van der Waals surface area contributed by atoms with E-state index in [1.54, 1.807) is 0 Å². The second kappa shape index (κ2) is 30.0. The Bertz CT molecular complexity index is 2770. The second-order valence-electron chi connectivity index (χ2n) is 23.8. The number of benzene rings is 9. The molecular weight excluding hydrogens is 1020 g/mol. The molecule has 6 bridgehead atoms. The zero-order valence-electron chi connectivity index (χ0n) is 50.9. The molecule has 0 aliphatic carbocycles. The standard InChI is InChI=1S/C78H90N6/c1-61(73-34-13-7-14-35-73)79-46-47-80(62(2)74-36-15-8-16-37-74)56-69-30-26-31-70(53-69)58-83(65(5)77-42-21-11-22-43-77)50-51-84(66(6)78-44-23-12-24-45-78)60-72-33-27-32-71(54-72)59-82(64(4)76-40-19-10-20-41-76)49-48-81(63(3)75-38-17-9-18-39-75)57-68-29-25-28-67(52-68)55-79/h7-45,52-54,61-66H,46-51,55-60H2,1-6H3/t61-,62-,63-,64-,65-,66-/m0/s1. The third-order valence-electron chi connectivity index (χ3n) is 18.3. The fraction of sp³-hybridized carbons (Fsp3) is 0.308. The highest BCUT2D eigenvalue weighted by molar-refractivity contribution is 5.30. The van der Waals surface area contributed by atoms with Crippen molar-refractivity contribution in [1.29, 1.82) is 0 Å². The third-order valence-corrected chi connectivity index (χ3v) is 18.3. The molecule has 0 saturated carbocycles. The van der Waals surface area contributed by atoms with Gasteiger partial charge in [0.15, 0.2) is 0 Å². The van der Waals surface area contributed by atoms with Crippen molar-refractivity contribution >= 4 is 0 Å². The minimum atomic E-state index is 0.209. The van der Waals surface area contributed by atoms with E-state index in [-0.39, 0.29) is 36.3 Å². The summed E-state index contributed by atoms with van der Waals surface area (Å²) in [7, 11) is 0.